The van der Waals surface area contributed by atoms with E-state index in [1.807, 2.05) is 59.3 Å². The highest BCUT2D eigenvalue weighted by molar-refractivity contribution is 6.46. The highest BCUT2D eigenvalue weighted by Gasteiger charge is 2.46. The number of aliphatic hydroxyl groups is 1. The van der Waals surface area contributed by atoms with Crippen LogP contribution < -0.4 is 9.47 Å². The molecule has 8 heteroatoms. The van der Waals surface area contributed by atoms with Gasteiger partial charge in [0.1, 0.15) is 23.0 Å². The first-order valence-corrected chi connectivity index (χ1v) is 12.3. The number of ketones is 1. The van der Waals surface area contributed by atoms with Crippen LogP contribution in [-0.4, -0.2) is 44.9 Å². The van der Waals surface area contributed by atoms with Gasteiger partial charge in [-0.15, -0.1) is 0 Å². The van der Waals surface area contributed by atoms with Crippen molar-refractivity contribution in [2.24, 2.45) is 0 Å². The molecule has 3 aromatic carbocycles. The van der Waals surface area contributed by atoms with Crippen molar-refractivity contribution in [3.63, 3.8) is 0 Å². The number of likely N-dealkylation sites (tertiary alicyclic amines) is 1. The lowest BCUT2D eigenvalue weighted by Gasteiger charge is -2.26. The summed E-state index contributed by atoms with van der Waals surface area (Å²) in [5, 5.41) is 11.3. The third-order valence-electron chi connectivity index (χ3n) is 6.41. The van der Waals surface area contributed by atoms with Crippen LogP contribution in [0.5, 0.6) is 17.2 Å². The molecule has 1 fully saturated rings. The zero-order valence-corrected chi connectivity index (χ0v) is 20.9. The van der Waals surface area contributed by atoms with Crippen LogP contribution in [0.2, 0.25) is 0 Å². The van der Waals surface area contributed by atoms with Gasteiger partial charge in [0.2, 0.25) is 0 Å². The van der Waals surface area contributed by atoms with E-state index in [0.717, 1.165) is 0 Å². The number of aryl methyl sites for hydroxylation is 1. The van der Waals surface area contributed by atoms with Gasteiger partial charge in [-0.25, -0.2) is 4.98 Å². The Morgan fingerprint density at radius 3 is 2.45 bits per heavy atom. The molecule has 5 rings (SSSR count). The third kappa shape index (κ3) is 5.15. The van der Waals surface area contributed by atoms with Crippen molar-refractivity contribution >= 4 is 17.4 Å². The van der Waals surface area contributed by atoms with E-state index < -0.39 is 17.7 Å². The summed E-state index contributed by atoms with van der Waals surface area (Å²) in [6.07, 6.45) is 5.84. The highest BCUT2D eigenvalue weighted by Crippen LogP contribution is 2.41. The molecule has 1 aromatic heterocycles. The minimum Gasteiger partial charge on any atom is -0.507 e. The summed E-state index contributed by atoms with van der Waals surface area (Å²) in [7, 11) is 1.52. The van der Waals surface area contributed by atoms with Crippen LogP contribution in [0.25, 0.3) is 5.76 Å². The highest BCUT2D eigenvalue weighted by atomic mass is 16.5. The van der Waals surface area contributed by atoms with Crippen LogP contribution in [0.15, 0.2) is 103 Å². The van der Waals surface area contributed by atoms with Gasteiger partial charge >= 0.3 is 0 Å². The molecule has 1 amide bonds. The van der Waals surface area contributed by atoms with Crippen molar-refractivity contribution in [1.29, 1.82) is 0 Å². The number of Topliss-reactive ketones (excluding diaryl/α,β-unsaturated/α-hetero) is 1. The van der Waals surface area contributed by atoms with E-state index in [1.165, 1.54) is 12.0 Å². The largest absolute Gasteiger partial charge is 0.507 e. The number of nitrogens with zero attached hydrogens (tertiary/aromatic N) is 3. The molecule has 1 saturated heterocycles. The van der Waals surface area contributed by atoms with Gasteiger partial charge in [0.25, 0.3) is 11.7 Å². The van der Waals surface area contributed by atoms with Crippen molar-refractivity contribution in [3.05, 3.63) is 114 Å². The Balaban J connectivity index is 1.54. The first-order chi connectivity index (χ1) is 18.5. The minimum absolute atomic E-state index is 0.0303. The van der Waals surface area contributed by atoms with Gasteiger partial charge < -0.3 is 24.0 Å². The number of para-hydroxylation sites is 1. The summed E-state index contributed by atoms with van der Waals surface area (Å²) in [4.78, 5) is 32.2. The zero-order chi connectivity index (χ0) is 26.5. The zero-order valence-electron chi connectivity index (χ0n) is 20.9. The van der Waals surface area contributed by atoms with E-state index in [1.54, 1.807) is 42.9 Å². The Morgan fingerprint density at radius 1 is 0.921 bits per heavy atom. The van der Waals surface area contributed by atoms with Gasteiger partial charge in [-0.1, -0.05) is 42.5 Å². The number of benzene rings is 3. The molecule has 192 valence electrons. The van der Waals surface area contributed by atoms with Crippen molar-refractivity contribution < 1.29 is 24.2 Å². The number of hydrogen-bond donors (Lipinski definition) is 1. The molecule has 1 unspecified atom stereocenters. The molecular formula is C30H27N3O5. The predicted octanol–water partition coefficient (Wildman–Crippen LogP) is 5.20. The molecule has 0 spiro atoms. The van der Waals surface area contributed by atoms with Crippen LogP contribution in [-0.2, 0) is 16.1 Å². The Kier molecular flexibility index (Phi) is 7.21. The average Bonchev–Trinajstić information content (AvgIpc) is 3.56. The first kappa shape index (κ1) is 24.8. The number of ether oxygens (including phenoxy) is 2. The van der Waals surface area contributed by atoms with Gasteiger partial charge in [0.05, 0.1) is 25.1 Å². The molecular weight excluding hydrogens is 482 g/mol. The van der Waals surface area contributed by atoms with Gasteiger partial charge in [-0.05, 0) is 48.4 Å². The van der Waals surface area contributed by atoms with Crippen LogP contribution in [0.1, 0.15) is 23.6 Å². The SMILES string of the molecule is COc1cccc(C(O)=C2C(=O)C(=O)N(CCCn3ccnc3)C2c2cccc(Oc3ccccc3)c2)c1. The summed E-state index contributed by atoms with van der Waals surface area (Å²) < 4.78 is 13.2. The number of carbonyl (C=O) groups excluding carboxylic acids is 2. The lowest BCUT2D eigenvalue weighted by molar-refractivity contribution is -0.139. The smallest absolute Gasteiger partial charge is 0.295 e. The topological polar surface area (TPSA) is 93.9 Å². The standard InChI is InChI=1S/C30H27N3O5/c1-37-24-12-6-9-22(19-24)28(34)26-27(21-8-5-13-25(18-21)38-23-10-3-2-4-11-23)33(30(36)29(26)35)16-7-15-32-17-14-31-20-32/h2-6,8-14,17-20,27,34H,7,15-16H2,1H3. The van der Waals surface area contributed by atoms with E-state index in [4.69, 9.17) is 9.47 Å². The summed E-state index contributed by atoms with van der Waals surface area (Å²) in [6, 6.07) is 22.6. The van der Waals surface area contributed by atoms with Crippen molar-refractivity contribution in [2.75, 3.05) is 13.7 Å². The molecule has 0 bridgehead atoms. The van der Waals surface area contributed by atoms with E-state index in [9.17, 15) is 14.7 Å². The van der Waals surface area contributed by atoms with E-state index in [2.05, 4.69) is 4.98 Å². The fraction of sp³-hybridized carbons (Fsp3) is 0.167. The molecule has 8 nitrogen and oxygen atoms in total. The maximum absolute atomic E-state index is 13.3. The van der Waals surface area contributed by atoms with Crippen LogP contribution in [0.3, 0.4) is 0 Å². The van der Waals surface area contributed by atoms with E-state index in [-0.39, 0.29) is 11.3 Å². The van der Waals surface area contributed by atoms with Crippen LogP contribution in [0, 0.1) is 0 Å². The molecule has 1 aliphatic rings. The number of methoxy groups -OCH3 is 1. The summed E-state index contributed by atoms with van der Waals surface area (Å²) in [5.41, 5.74) is 1.08. The second-order valence-electron chi connectivity index (χ2n) is 8.87. The van der Waals surface area contributed by atoms with Crippen LogP contribution in [0.4, 0.5) is 0 Å². The second-order valence-corrected chi connectivity index (χ2v) is 8.87. The monoisotopic (exact) mass is 509 g/mol. The second kappa shape index (κ2) is 11.0. The molecule has 0 aliphatic carbocycles. The Hall–Kier alpha value is -4.85. The predicted molar refractivity (Wildman–Crippen MR) is 142 cm³/mol. The molecule has 2 heterocycles. The normalized spacial score (nSPS) is 16.6. The Morgan fingerprint density at radius 2 is 1.68 bits per heavy atom. The number of rotatable bonds is 9. The van der Waals surface area contributed by atoms with Gasteiger partial charge in [-0.3, -0.25) is 9.59 Å². The number of aromatic nitrogens is 2. The Labute approximate surface area is 220 Å². The van der Waals surface area contributed by atoms with E-state index in [0.29, 0.717) is 47.9 Å². The molecule has 0 saturated carbocycles. The van der Waals surface area contributed by atoms with Crippen molar-refractivity contribution in [1.82, 2.24) is 14.5 Å². The number of amides is 1. The number of imidazole rings is 1. The molecule has 1 aliphatic heterocycles. The van der Waals surface area contributed by atoms with E-state index >= 15 is 0 Å². The van der Waals surface area contributed by atoms with Gasteiger partial charge in [-0.2, -0.15) is 0 Å². The molecule has 1 atom stereocenters. The lowest BCUT2D eigenvalue weighted by atomic mass is 9.95. The van der Waals surface area contributed by atoms with Gasteiger partial charge in [0.15, 0.2) is 0 Å². The molecule has 38 heavy (non-hydrogen) atoms. The lowest BCUT2D eigenvalue weighted by Crippen LogP contribution is -2.31. The number of carbonyl (C=O) groups is 2. The maximum atomic E-state index is 13.3. The molecule has 0 radical (unpaired) electrons. The average molecular weight is 510 g/mol. The van der Waals surface area contributed by atoms with Crippen molar-refractivity contribution in [2.45, 2.75) is 19.0 Å². The quantitative estimate of drug-likeness (QED) is 0.189. The first-order valence-electron chi connectivity index (χ1n) is 12.3. The molecule has 1 N–H and O–H groups in total. The third-order valence-corrected chi connectivity index (χ3v) is 6.41. The maximum Gasteiger partial charge on any atom is 0.295 e. The molecule has 4 aromatic rings. The van der Waals surface area contributed by atoms with Crippen LogP contribution >= 0.6 is 0 Å². The van der Waals surface area contributed by atoms with Crippen molar-refractivity contribution in [3.8, 4) is 17.2 Å². The Bertz CT molecular complexity index is 1460. The summed E-state index contributed by atoms with van der Waals surface area (Å²) in [5.74, 6) is 0.110. The minimum atomic E-state index is -0.789. The van der Waals surface area contributed by atoms with Gasteiger partial charge in [0, 0.05) is 31.0 Å². The fourth-order valence-corrected chi connectivity index (χ4v) is 4.60. The number of aliphatic hydroxyl groups excluding tert-OH is 1. The summed E-state index contributed by atoms with van der Waals surface area (Å²) >= 11 is 0. The number of hydrogen-bond acceptors (Lipinski definition) is 6. The fourth-order valence-electron chi connectivity index (χ4n) is 4.60. The summed E-state index contributed by atoms with van der Waals surface area (Å²) in [6.45, 7) is 0.939.